The van der Waals surface area contributed by atoms with Crippen molar-refractivity contribution in [3.8, 4) is 22.3 Å². The standard InChI is InChI=1S/C44H29O2P/c45-47(34-11-3-1-4-12-34,35-13-5-2-6-14-35)36-26-23-31(24-27-36)30-19-21-32(22-20-30)33-25-28-42-41(29-33)43-39-17-9-7-15-37(39)38-16-8-10-18-40(38)44(43)46-42/h1-29H. The van der Waals surface area contributed by atoms with Crippen LogP contribution in [0.4, 0.5) is 0 Å². The van der Waals surface area contributed by atoms with Gasteiger partial charge in [-0.05, 0) is 50.5 Å². The summed E-state index contributed by atoms with van der Waals surface area (Å²) >= 11 is 0. The summed E-state index contributed by atoms with van der Waals surface area (Å²) in [7, 11) is -3.01. The minimum absolute atomic E-state index is 0.830. The monoisotopic (exact) mass is 620 g/mol. The molecular formula is C44H29O2P. The van der Waals surface area contributed by atoms with Gasteiger partial charge in [0.15, 0.2) is 7.14 Å². The zero-order valence-corrected chi connectivity index (χ0v) is 26.4. The third-order valence-corrected chi connectivity index (χ3v) is 12.4. The normalized spacial score (nSPS) is 11.9. The van der Waals surface area contributed by atoms with Crippen LogP contribution in [0, 0.1) is 0 Å². The zero-order chi connectivity index (χ0) is 31.4. The fourth-order valence-electron chi connectivity index (χ4n) is 7.03. The van der Waals surface area contributed by atoms with E-state index in [0.717, 1.165) is 65.5 Å². The van der Waals surface area contributed by atoms with Gasteiger partial charge in [0.25, 0.3) is 0 Å². The maximum absolute atomic E-state index is 14.8. The Morgan fingerprint density at radius 1 is 0.362 bits per heavy atom. The number of furan rings is 1. The van der Waals surface area contributed by atoms with Crippen LogP contribution in [0.3, 0.4) is 0 Å². The molecule has 0 aliphatic rings. The Bertz CT molecular complexity index is 2580. The molecule has 0 bridgehead atoms. The van der Waals surface area contributed by atoms with Crippen LogP contribution in [-0.2, 0) is 4.57 Å². The summed E-state index contributed by atoms with van der Waals surface area (Å²) in [5, 5.41) is 9.59. The summed E-state index contributed by atoms with van der Waals surface area (Å²) < 4.78 is 21.3. The van der Waals surface area contributed by atoms with Gasteiger partial charge in [0.1, 0.15) is 11.2 Å². The second-order valence-electron chi connectivity index (χ2n) is 12.0. The Balaban J connectivity index is 1.09. The van der Waals surface area contributed by atoms with Crippen molar-refractivity contribution < 1.29 is 8.98 Å². The summed E-state index contributed by atoms with van der Waals surface area (Å²) in [6.07, 6.45) is 0. The second-order valence-corrected chi connectivity index (χ2v) is 14.8. The second kappa shape index (κ2) is 11.0. The SMILES string of the molecule is O=P(c1ccccc1)(c1ccccc1)c1ccc(-c2ccc(-c3ccc4oc5c6ccccc6c6ccccc6c5c4c3)cc2)cc1. The lowest BCUT2D eigenvalue weighted by atomic mass is 9.95. The van der Waals surface area contributed by atoms with Crippen LogP contribution in [0.15, 0.2) is 180 Å². The molecule has 0 spiro atoms. The molecule has 0 atom stereocenters. The molecule has 1 heterocycles. The average Bonchev–Trinajstić information content (AvgIpc) is 3.55. The van der Waals surface area contributed by atoms with Gasteiger partial charge in [-0.3, -0.25) is 0 Å². The summed E-state index contributed by atoms with van der Waals surface area (Å²) in [5.41, 5.74) is 6.32. The van der Waals surface area contributed by atoms with Gasteiger partial charge in [-0.1, -0.05) is 164 Å². The highest BCUT2D eigenvalue weighted by Crippen LogP contribution is 2.43. The van der Waals surface area contributed by atoms with E-state index >= 15 is 0 Å². The Labute approximate surface area is 272 Å². The fourth-order valence-corrected chi connectivity index (χ4v) is 9.68. The van der Waals surface area contributed by atoms with Crippen molar-refractivity contribution in [2.45, 2.75) is 0 Å². The van der Waals surface area contributed by atoms with Crippen LogP contribution in [0.5, 0.6) is 0 Å². The number of hydrogen-bond donors (Lipinski definition) is 0. The quantitative estimate of drug-likeness (QED) is 0.142. The maximum atomic E-state index is 14.8. The molecule has 0 radical (unpaired) electrons. The summed E-state index contributed by atoms with van der Waals surface area (Å²) in [6, 6.07) is 60.1. The topological polar surface area (TPSA) is 30.2 Å². The first-order valence-corrected chi connectivity index (χ1v) is 17.6. The van der Waals surface area contributed by atoms with E-state index < -0.39 is 7.14 Å². The molecule has 0 aliphatic heterocycles. The lowest BCUT2D eigenvalue weighted by Gasteiger charge is -2.20. The van der Waals surface area contributed by atoms with Gasteiger partial charge in [0.2, 0.25) is 0 Å². The van der Waals surface area contributed by atoms with Crippen molar-refractivity contribution in [3.63, 3.8) is 0 Å². The Hall–Kier alpha value is -5.69. The predicted molar refractivity (Wildman–Crippen MR) is 199 cm³/mol. The van der Waals surface area contributed by atoms with E-state index in [4.69, 9.17) is 4.42 Å². The first-order valence-electron chi connectivity index (χ1n) is 15.9. The zero-order valence-electron chi connectivity index (χ0n) is 25.5. The molecule has 9 aromatic rings. The molecule has 0 saturated heterocycles. The van der Waals surface area contributed by atoms with Crippen molar-refractivity contribution in [2.75, 3.05) is 0 Å². The van der Waals surface area contributed by atoms with Gasteiger partial charge in [-0.25, -0.2) is 0 Å². The summed E-state index contributed by atoms with van der Waals surface area (Å²) in [5.74, 6) is 0. The van der Waals surface area contributed by atoms with E-state index in [1.54, 1.807) is 0 Å². The molecule has 0 amide bonds. The van der Waals surface area contributed by atoms with E-state index in [0.29, 0.717) is 0 Å². The highest BCUT2D eigenvalue weighted by atomic mass is 31.2. The molecule has 3 heteroatoms. The summed E-state index contributed by atoms with van der Waals surface area (Å²) in [6.45, 7) is 0. The molecule has 222 valence electrons. The fraction of sp³-hybridized carbons (Fsp3) is 0. The van der Waals surface area contributed by atoms with Gasteiger partial charge < -0.3 is 8.98 Å². The molecular weight excluding hydrogens is 591 g/mol. The summed E-state index contributed by atoms with van der Waals surface area (Å²) in [4.78, 5) is 0. The molecule has 0 fully saturated rings. The number of rotatable bonds is 5. The molecule has 9 rings (SSSR count). The van der Waals surface area contributed by atoms with Gasteiger partial charge >= 0.3 is 0 Å². The minimum atomic E-state index is -3.01. The molecule has 0 unspecified atom stereocenters. The molecule has 0 N–H and O–H groups in total. The number of fused-ring (bicyclic) bond motifs is 8. The van der Waals surface area contributed by atoms with Crippen LogP contribution in [-0.4, -0.2) is 0 Å². The lowest BCUT2D eigenvalue weighted by molar-refractivity contribution is 0.592. The van der Waals surface area contributed by atoms with E-state index in [2.05, 4.69) is 103 Å². The highest BCUT2D eigenvalue weighted by molar-refractivity contribution is 7.85. The Morgan fingerprint density at radius 3 is 1.38 bits per heavy atom. The molecule has 0 saturated carbocycles. The first-order chi connectivity index (χ1) is 23.2. The van der Waals surface area contributed by atoms with Crippen molar-refractivity contribution in [1.29, 1.82) is 0 Å². The highest BCUT2D eigenvalue weighted by Gasteiger charge is 2.29. The lowest BCUT2D eigenvalue weighted by Crippen LogP contribution is -2.24. The van der Waals surface area contributed by atoms with E-state index in [9.17, 15) is 4.57 Å². The van der Waals surface area contributed by atoms with Gasteiger partial charge in [-0.15, -0.1) is 0 Å². The van der Waals surface area contributed by atoms with Crippen molar-refractivity contribution in [3.05, 3.63) is 176 Å². The van der Waals surface area contributed by atoms with Crippen LogP contribution < -0.4 is 15.9 Å². The van der Waals surface area contributed by atoms with E-state index in [1.807, 2.05) is 72.8 Å². The van der Waals surface area contributed by atoms with E-state index in [1.165, 1.54) is 16.2 Å². The third kappa shape index (κ3) is 4.45. The Morgan fingerprint density at radius 2 is 0.787 bits per heavy atom. The maximum Gasteiger partial charge on any atom is 0.171 e. The van der Waals surface area contributed by atoms with Crippen LogP contribution in [0.2, 0.25) is 0 Å². The van der Waals surface area contributed by atoms with Crippen LogP contribution in [0.25, 0.3) is 65.7 Å². The largest absolute Gasteiger partial charge is 0.455 e. The van der Waals surface area contributed by atoms with Gasteiger partial charge in [0.05, 0.1) is 0 Å². The minimum Gasteiger partial charge on any atom is -0.455 e. The van der Waals surface area contributed by atoms with Crippen LogP contribution >= 0.6 is 7.14 Å². The molecule has 47 heavy (non-hydrogen) atoms. The molecule has 1 aromatic heterocycles. The Kier molecular flexibility index (Phi) is 6.45. The van der Waals surface area contributed by atoms with Crippen molar-refractivity contribution in [1.82, 2.24) is 0 Å². The number of hydrogen-bond acceptors (Lipinski definition) is 2. The van der Waals surface area contributed by atoms with E-state index in [-0.39, 0.29) is 0 Å². The number of benzene rings is 8. The smallest absolute Gasteiger partial charge is 0.171 e. The van der Waals surface area contributed by atoms with Gasteiger partial charge in [0, 0.05) is 32.1 Å². The molecule has 0 aliphatic carbocycles. The third-order valence-electron chi connectivity index (χ3n) is 9.37. The van der Waals surface area contributed by atoms with Crippen LogP contribution in [0.1, 0.15) is 0 Å². The van der Waals surface area contributed by atoms with Gasteiger partial charge in [-0.2, -0.15) is 0 Å². The predicted octanol–water partition coefficient (Wildman–Crippen LogP) is 10.9. The molecule has 8 aromatic carbocycles. The average molecular weight is 621 g/mol. The first kappa shape index (κ1) is 27.6. The van der Waals surface area contributed by atoms with Crippen molar-refractivity contribution in [2.24, 2.45) is 0 Å². The molecule has 2 nitrogen and oxygen atoms in total. The van der Waals surface area contributed by atoms with Crippen molar-refractivity contribution >= 4 is 66.5 Å².